The lowest BCUT2D eigenvalue weighted by atomic mass is 10.1. The van der Waals surface area contributed by atoms with Gasteiger partial charge in [0.2, 0.25) is 0 Å². The van der Waals surface area contributed by atoms with Crippen molar-refractivity contribution in [3.63, 3.8) is 0 Å². The fourth-order valence-corrected chi connectivity index (χ4v) is 1.14. The molecule has 0 aliphatic carbocycles. The predicted molar refractivity (Wildman–Crippen MR) is 58.8 cm³/mol. The number of hydrogen-bond acceptors (Lipinski definition) is 3. The van der Waals surface area contributed by atoms with Gasteiger partial charge in [0.1, 0.15) is 5.82 Å². The second-order valence-corrected chi connectivity index (χ2v) is 4.21. The first-order valence-corrected chi connectivity index (χ1v) is 5.07. The van der Waals surface area contributed by atoms with E-state index in [9.17, 15) is 13.2 Å². The lowest BCUT2D eigenvalue weighted by molar-refractivity contribution is -0.137. The maximum Gasteiger partial charge on any atom is 0.419 e. The molecule has 0 aliphatic rings. The Morgan fingerprint density at radius 1 is 1.35 bits per heavy atom. The third kappa shape index (κ3) is 3.89. The fourth-order valence-electron chi connectivity index (χ4n) is 1.14. The molecule has 3 nitrogen and oxygen atoms in total. The summed E-state index contributed by atoms with van der Waals surface area (Å²) in [6, 6.07) is 2.25. The third-order valence-corrected chi connectivity index (χ3v) is 2.35. The minimum atomic E-state index is -4.41. The Labute approximate surface area is 98.0 Å². The van der Waals surface area contributed by atoms with Crippen molar-refractivity contribution in [1.82, 2.24) is 4.98 Å². The minimum absolute atomic E-state index is 0.176. The molecular formula is C11H15F3N2O. The zero-order valence-corrected chi connectivity index (χ0v) is 9.93. The van der Waals surface area contributed by atoms with E-state index in [1.54, 1.807) is 13.8 Å². The van der Waals surface area contributed by atoms with Gasteiger partial charge in [0, 0.05) is 19.9 Å². The van der Waals surface area contributed by atoms with E-state index >= 15 is 0 Å². The van der Waals surface area contributed by atoms with Gasteiger partial charge in [-0.1, -0.05) is 0 Å². The van der Waals surface area contributed by atoms with Crippen LogP contribution in [0.2, 0.25) is 0 Å². The van der Waals surface area contributed by atoms with Crippen LogP contribution in [-0.4, -0.2) is 24.2 Å². The molecule has 0 radical (unpaired) electrons. The zero-order valence-electron chi connectivity index (χ0n) is 9.93. The highest BCUT2D eigenvalue weighted by Crippen LogP contribution is 2.33. The summed E-state index contributed by atoms with van der Waals surface area (Å²) in [4.78, 5) is 3.70. The van der Waals surface area contributed by atoms with Crippen LogP contribution >= 0.6 is 0 Å². The van der Waals surface area contributed by atoms with Gasteiger partial charge in [0.05, 0.1) is 11.2 Å². The standard InChI is InChI=1S/C11H15F3N2O/c1-10(2,17-3)7-16-9-8(11(12,13)14)5-4-6-15-9/h4-6H,7H2,1-3H3,(H,15,16). The molecule has 0 amide bonds. The molecule has 1 aromatic heterocycles. The molecule has 1 N–H and O–H groups in total. The summed E-state index contributed by atoms with van der Waals surface area (Å²) in [7, 11) is 1.50. The molecule has 6 heteroatoms. The number of nitrogens with one attached hydrogen (secondary N) is 1. The molecule has 1 aromatic rings. The lowest BCUT2D eigenvalue weighted by Gasteiger charge is -2.24. The summed E-state index contributed by atoms with van der Waals surface area (Å²) in [5.41, 5.74) is -1.33. The Morgan fingerprint density at radius 3 is 2.53 bits per heavy atom. The molecule has 1 heterocycles. The van der Waals surface area contributed by atoms with Gasteiger partial charge in [-0.3, -0.25) is 0 Å². The maximum atomic E-state index is 12.6. The van der Waals surface area contributed by atoms with Gasteiger partial charge < -0.3 is 10.1 Å². The van der Waals surface area contributed by atoms with Crippen LogP contribution in [0, 0.1) is 0 Å². The molecule has 0 saturated heterocycles. The van der Waals surface area contributed by atoms with E-state index in [1.165, 1.54) is 19.4 Å². The molecule has 0 bridgehead atoms. The number of nitrogens with zero attached hydrogens (tertiary/aromatic N) is 1. The van der Waals surface area contributed by atoms with Gasteiger partial charge in [-0.2, -0.15) is 13.2 Å². The van der Waals surface area contributed by atoms with E-state index in [0.717, 1.165) is 6.07 Å². The lowest BCUT2D eigenvalue weighted by Crippen LogP contribution is -2.32. The summed E-state index contributed by atoms with van der Waals surface area (Å²) < 4.78 is 43.0. The second kappa shape index (κ2) is 4.91. The maximum absolute atomic E-state index is 12.6. The Kier molecular flexibility index (Phi) is 3.98. The highest BCUT2D eigenvalue weighted by molar-refractivity contribution is 5.45. The topological polar surface area (TPSA) is 34.1 Å². The van der Waals surface area contributed by atoms with E-state index in [4.69, 9.17) is 4.74 Å². The highest BCUT2D eigenvalue weighted by atomic mass is 19.4. The van der Waals surface area contributed by atoms with Crippen molar-refractivity contribution in [3.8, 4) is 0 Å². The summed E-state index contributed by atoms with van der Waals surface area (Å²) in [5, 5.41) is 2.65. The van der Waals surface area contributed by atoms with Crippen molar-refractivity contribution < 1.29 is 17.9 Å². The van der Waals surface area contributed by atoms with E-state index in [1.807, 2.05) is 0 Å². The summed E-state index contributed by atoms with van der Waals surface area (Å²) in [6.45, 7) is 3.79. The Bertz CT molecular complexity index is 377. The largest absolute Gasteiger partial charge is 0.419 e. The molecule has 96 valence electrons. The number of halogens is 3. The molecule has 0 unspecified atom stereocenters. The van der Waals surface area contributed by atoms with Gasteiger partial charge in [-0.05, 0) is 26.0 Å². The van der Waals surface area contributed by atoms with Crippen LogP contribution in [0.3, 0.4) is 0 Å². The number of rotatable bonds is 4. The first-order chi connectivity index (χ1) is 7.76. The summed E-state index contributed by atoms with van der Waals surface area (Å²) >= 11 is 0. The van der Waals surface area contributed by atoms with Gasteiger partial charge >= 0.3 is 6.18 Å². The first kappa shape index (κ1) is 13.8. The Morgan fingerprint density at radius 2 is 2.00 bits per heavy atom. The second-order valence-electron chi connectivity index (χ2n) is 4.21. The smallest absolute Gasteiger partial charge is 0.377 e. The van der Waals surface area contributed by atoms with Gasteiger partial charge in [0.25, 0.3) is 0 Å². The van der Waals surface area contributed by atoms with E-state index in [-0.39, 0.29) is 12.4 Å². The average Bonchev–Trinajstić information content (AvgIpc) is 2.26. The number of ether oxygens (including phenoxy) is 1. The van der Waals surface area contributed by atoms with Crippen molar-refractivity contribution >= 4 is 5.82 Å². The number of anilines is 1. The SMILES string of the molecule is COC(C)(C)CNc1ncccc1C(F)(F)F. The van der Waals surface area contributed by atoms with Crippen molar-refractivity contribution in [2.45, 2.75) is 25.6 Å². The van der Waals surface area contributed by atoms with Crippen molar-refractivity contribution in [2.75, 3.05) is 19.0 Å². The van der Waals surface area contributed by atoms with Crippen LogP contribution < -0.4 is 5.32 Å². The number of alkyl halides is 3. The quantitative estimate of drug-likeness (QED) is 0.889. The van der Waals surface area contributed by atoms with E-state index in [0.29, 0.717) is 0 Å². The molecule has 17 heavy (non-hydrogen) atoms. The summed E-state index contributed by atoms with van der Waals surface area (Å²) in [5.74, 6) is -0.176. The van der Waals surface area contributed by atoms with Crippen molar-refractivity contribution in [2.24, 2.45) is 0 Å². The zero-order chi connectivity index (χ0) is 13.1. The monoisotopic (exact) mass is 248 g/mol. The van der Waals surface area contributed by atoms with Crippen molar-refractivity contribution in [1.29, 1.82) is 0 Å². The third-order valence-electron chi connectivity index (χ3n) is 2.35. The van der Waals surface area contributed by atoms with E-state index < -0.39 is 17.3 Å². The number of aromatic nitrogens is 1. The fraction of sp³-hybridized carbons (Fsp3) is 0.545. The number of methoxy groups -OCH3 is 1. The van der Waals surface area contributed by atoms with Crippen LogP contribution in [-0.2, 0) is 10.9 Å². The van der Waals surface area contributed by atoms with Crippen molar-refractivity contribution in [3.05, 3.63) is 23.9 Å². The van der Waals surface area contributed by atoms with Crippen LogP contribution in [0.5, 0.6) is 0 Å². The molecule has 0 aromatic carbocycles. The normalized spacial score (nSPS) is 12.6. The molecule has 0 spiro atoms. The molecule has 0 saturated carbocycles. The van der Waals surface area contributed by atoms with Crippen LogP contribution in [0.1, 0.15) is 19.4 Å². The van der Waals surface area contributed by atoms with Crippen LogP contribution in [0.25, 0.3) is 0 Å². The average molecular weight is 248 g/mol. The molecule has 1 rings (SSSR count). The Balaban J connectivity index is 2.85. The van der Waals surface area contributed by atoms with Gasteiger partial charge in [-0.15, -0.1) is 0 Å². The highest BCUT2D eigenvalue weighted by Gasteiger charge is 2.34. The molecule has 0 atom stereocenters. The number of pyridine rings is 1. The van der Waals surface area contributed by atoms with Crippen LogP contribution in [0.15, 0.2) is 18.3 Å². The van der Waals surface area contributed by atoms with Gasteiger partial charge in [0.15, 0.2) is 0 Å². The van der Waals surface area contributed by atoms with Gasteiger partial charge in [-0.25, -0.2) is 4.98 Å². The molecule has 0 aliphatic heterocycles. The first-order valence-electron chi connectivity index (χ1n) is 5.07. The van der Waals surface area contributed by atoms with Crippen LogP contribution in [0.4, 0.5) is 19.0 Å². The predicted octanol–water partition coefficient (Wildman–Crippen LogP) is 2.94. The minimum Gasteiger partial charge on any atom is -0.377 e. The molecular weight excluding hydrogens is 233 g/mol. The molecule has 0 fully saturated rings. The van der Waals surface area contributed by atoms with E-state index in [2.05, 4.69) is 10.3 Å². The Hall–Kier alpha value is -1.30. The summed E-state index contributed by atoms with van der Waals surface area (Å²) in [6.07, 6.45) is -3.09. The number of hydrogen-bond donors (Lipinski definition) is 1.